The van der Waals surface area contributed by atoms with E-state index in [-0.39, 0.29) is 0 Å². The van der Waals surface area contributed by atoms with Crippen molar-refractivity contribution in [1.29, 1.82) is 0 Å². The van der Waals surface area contributed by atoms with Crippen LogP contribution in [0.25, 0.3) is 0 Å². The van der Waals surface area contributed by atoms with E-state index in [0.717, 1.165) is 30.8 Å². The molecule has 0 saturated carbocycles. The summed E-state index contributed by atoms with van der Waals surface area (Å²) in [6.45, 7) is 6.80. The van der Waals surface area contributed by atoms with Crippen LogP contribution in [0.15, 0.2) is 12.1 Å². The molecule has 0 aliphatic carbocycles. The highest BCUT2D eigenvalue weighted by Crippen LogP contribution is 2.34. The summed E-state index contributed by atoms with van der Waals surface area (Å²) >= 11 is 6.18. The van der Waals surface area contributed by atoms with Crippen LogP contribution >= 0.6 is 11.6 Å². The maximum absolute atomic E-state index is 6.18. The molecule has 0 heterocycles. The molecule has 0 saturated heterocycles. The predicted molar refractivity (Wildman–Crippen MR) is 98.9 cm³/mol. The smallest absolute Gasteiger partial charge is 0.165 e. The number of methoxy groups -OCH3 is 1. The first-order chi connectivity index (χ1) is 11.2. The third-order valence-electron chi connectivity index (χ3n) is 3.79. The Kier molecular flexibility index (Phi) is 10.9. The van der Waals surface area contributed by atoms with Gasteiger partial charge in [0.05, 0.1) is 13.7 Å². The van der Waals surface area contributed by atoms with Crippen molar-refractivity contribution in [1.82, 2.24) is 5.32 Å². The number of benzene rings is 1. The van der Waals surface area contributed by atoms with Crippen molar-refractivity contribution >= 4 is 11.6 Å². The largest absolute Gasteiger partial charge is 0.493 e. The van der Waals surface area contributed by atoms with E-state index < -0.39 is 0 Å². The van der Waals surface area contributed by atoms with Crippen LogP contribution in [0.5, 0.6) is 11.5 Å². The van der Waals surface area contributed by atoms with E-state index in [2.05, 4.69) is 19.2 Å². The predicted octanol–water partition coefficient (Wildman–Crippen LogP) is 5.59. The fourth-order valence-electron chi connectivity index (χ4n) is 2.53. The lowest BCUT2D eigenvalue weighted by Gasteiger charge is -2.16. The minimum Gasteiger partial charge on any atom is -0.493 e. The summed E-state index contributed by atoms with van der Waals surface area (Å²) in [6, 6.07) is 3.77. The van der Waals surface area contributed by atoms with E-state index >= 15 is 0 Å². The first kappa shape index (κ1) is 20.1. The Bertz CT molecular complexity index is 438. The molecule has 23 heavy (non-hydrogen) atoms. The van der Waals surface area contributed by atoms with Crippen molar-refractivity contribution in [2.75, 3.05) is 20.3 Å². The number of unbranched alkanes of at least 4 members (excludes halogenated alkanes) is 5. The average molecular weight is 342 g/mol. The van der Waals surface area contributed by atoms with Gasteiger partial charge in [-0.1, -0.05) is 57.6 Å². The lowest BCUT2D eigenvalue weighted by atomic mass is 10.1. The highest BCUT2D eigenvalue weighted by molar-refractivity contribution is 6.30. The van der Waals surface area contributed by atoms with E-state index in [1.54, 1.807) is 7.11 Å². The minimum absolute atomic E-state index is 0.682. The number of hydrogen-bond donors (Lipinski definition) is 1. The monoisotopic (exact) mass is 341 g/mol. The van der Waals surface area contributed by atoms with Gasteiger partial charge < -0.3 is 14.8 Å². The SMILES string of the molecule is CCCCCCCCNCc1cc(Cl)cc(OC)c1OCCC. The number of ether oxygens (including phenoxy) is 2. The minimum atomic E-state index is 0.682. The first-order valence-electron chi connectivity index (χ1n) is 8.92. The van der Waals surface area contributed by atoms with E-state index in [4.69, 9.17) is 21.1 Å². The van der Waals surface area contributed by atoms with E-state index in [0.29, 0.717) is 17.4 Å². The fourth-order valence-corrected chi connectivity index (χ4v) is 2.76. The zero-order chi connectivity index (χ0) is 16.9. The number of rotatable bonds is 13. The van der Waals surface area contributed by atoms with Gasteiger partial charge in [0.25, 0.3) is 0 Å². The fraction of sp³-hybridized carbons (Fsp3) is 0.684. The molecule has 0 radical (unpaired) electrons. The van der Waals surface area contributed by atoms with Gasteiger partial charge in [-0.3, -0.25) is 0 Å². The summed E-state index contributed by atoms with van der Waals surface area (Å²) in [6.07, 6.45) is 8.83. The van der Waals surface area contributed by atoms with Gasteiger partial charge in [-0.15, -0.1) is 0 Å². The Labute approximate surface area is 146 Å². The maximum atomic E-state index is 6.18. The molecule has 1 rings (SSSR count). The second kappa shape index (κ2) is 12.5. The van der Waals surface area contributed by atoms with Crippen LogP contribution in [0.2, 0.25) is 5.02 Å². The summed E-state index contributed by atoms with van der Waals surface area (Å²) in [5.41, 5.74) is 1.06. The summed E-state index contributed by atoms with van der Waals surface area (Å²) in [7, 11) is 1.65. The lowest BCUT2D eigenvalue weighted by molar-refractivity contribution is 0.290. The highest BCUT2D eigenvalue weighted by Gasteiger charge is 2.12. The molecule has 0 bridgehead atoms. The van der Waals surface area contributed by atoms with Crippen molar-refractivity contribution < 1.29 is 9.47 Å². The summed E-state index contributed by atoms with van der Waals surface area (Å²) in [5.74, 6) is 1.52. The Morgan fingerprint density at radius 2 is 1.74 bits per heavy atom. The van der Waals surface area contributed by atoms with Crippen molar-refractivity contribution in [3.05, 3.63) is 22.7 Å². The average Bonchev–Trinajstić information content (AvgIpc) is 2.55. The molecule has 0 unspecified atom stereocenters. The van der Waals surface area contributed by atoms with Crippen molar-refractivity contribution in [2.45, 2.75) is 65.3 Å². The molecule has 0 fully saturated rings. The van der Waals surface area contributed by atoms with Crippen LogP contribution in [0.3, 0.4) is 0 Å². The molecule has 0 aliphatic heterocycles. The summed E-state index contributed by atoms with van der Waals surface area (Å²) in [5, 5.41) is 4.18. The van der Waals surface area contributed by atoms with E-state index in [1.165, 1.54) is 38.5 Å². The van der Waals surface area contributed by atoms with Crippen molar-refractivity contribution in [3.63, 3.8) is 0 Å². The molecule has 0 aliphatic rings. The molecule has 4 heteroatoms. The van der Waals surface area contributed by atoms with Crippen LogP contribution in [0.4, 0.5) is 0 Å². The van der Waals surface area contributed by atoms with E-state index in [1.807, 2.05) is 12.1 Å². The molecule has 132 valence electrons. The Morgan fingerprint density at radius 3 is 2.43 bits per heavy atom. The van der Waals surface area contributed by atoms with Gasteiger partial charge in [-0.05, 0) is 25.5 Å². The molecular weight excluding hydrogens is 310 g/mol. The number of hydrogen-bond acceptors (Lipinski definition) is 3. The van der Waals surface area contributed by atoms with Crippen LogP contribution < -0.4 is 14.8 Å². The third kappa shape index (κ3) is 7.94. The standard InChI is InChI=1S/C19H32ClNO2/c1-4-6-7-8-9-10-11-21-15-16-13-17(20)14-18(22-3)19(16)23-12-5-2/h13-14,21H,4-12,15H2,1-3H3. The molecule has 0 spiro atoms. The zero-order valence-electron chi connectivity index (χ0n) is 14.9. The number of nitrogens with one attached hydrogen (secondary N) is 1. The highest BCUT2D eigenvalue weighted by atomic mass is 35.5. The van der Waals surface area contributed by atoms with Gasteiger partial charge in [0, 0.05) is 23.2 Å². The van der Waals surface area contributed by atoms with Gasteiger partial charge in [0.1, 0.15) is 0 Å². The van der Waals surface area contributed by atoms with Gasteiger partial charge in [0.15, 0.2) is 11.5 Å². The summed E-state index contributed by atoms with van der Waals surface area (Å²) < 4.78 is 11.3. The molecule has 1 aromatic rings. The number of halogens is 1. The molecule has 1 N–H and O–H groups in total. The third-order valence-corrected chi connectivity index (χ3v) is 4.01. The van der Waals surface area contributed by atoms with Gasteiger partial charge in [0.2, 0.25) is 0 Å². The second-order valence-corrected chi connectivity index (χ2v) is 6.33. The van der Waals surface area contributed by atoms with Gasteiger partial charge in [-0.25, -0.2) is 0 Å². The Hall–Kier alpha value is -0.930. The molecule has 0 atom stereocenters. The molecule has 1 aromatic carbocycles. The topological polar surface area (TPSA) is 30.5 Å². The van der Waals surface area contributed by atoms with E-state index in [9.17, 15) is 0 Å². The lowest BCUT2D eigenvalue weighted by Crippen LogP contribution is -2.16. The Balaban J connectivity index is 2.46. The molecule has 3 nitrogen and oxygen atoms in total. The van der Waals surface area contributed by atoms with Crippen molar-refractivity contribution in [2.24, 2.45) is 0 Å². The van der Waals surface area contributed by atoms with Crippen LogP contribution in [-0.4, -0.2) is 20.3 Å². The zero-order valence-corrected chi connectivity index (χ0v) is 15.7. The van der Waals surface area contributed by atoms with Crippen LogP contribution in [0, 0.1) is 0 Å². The van der Waals surface area contributed by atoms with Crippen molar-refractivity contribution in [3.8, 4) is 11.5 Å². The molecule has 0 aromatic heterocycles. The van der Waals surface area contributed by atoms with Crippen LogP contribution in [-0.2, 0) is 6.54 Å². The van der Waals surface area contributed by atoms with Crippen LogP contribution in [0.1, 0.15) is 64.4 Å². The second-order valence-electron chi connectivity index (χ2n) is 5.89. The molecular formula is C19H32ClNO2. The summed E-state index contributed by atoms with van der Waals surface area (Å²) in [4.78, 5) is 0. The first-order valence-corrected chi connectivity index (χ1v) is 9.30. The normalized spacial score (nSPS) is 10.8. The maximum Gasteiger partial charge on any atom is 0.165 e. The molecule has 0 amide bonds. The quantitative estimate of drug-likeness (QED) is 0.474. The van der Waals surface area contributed by atoms with Gasteiger partial charge >= 0.3 is 0 Å². The Morgan fingerprint density at radius 1 is 1.00 bits per heavy atom. The van der Waals surface area contributed by atoms with Gasteiger partial charge in [-0.2, -0.15) is 0 Å².